The van der Waals surface area contributed by atoms with Gasteiger partial charge in [0.15, 0.2) is 0 Å². The van der Waals surface area contributed by atoms with E-state index in [4.69, 9.17) is 0 Å². The van der Waals surface area contributed by atoms with Crippen LogP contribution in [-0.4, -0.2) is 5.75 Å². The van der Waals surface area contributed by atoms with Crippen LogP contribution in [0.3, 0.4) is 0 Å². The Morgan fingerprint density at radius 3 is 1.67 bits per heavy atom. The molecule has 0 bridgehead atoms. The van der Waals surface area contributed by atoms with Crippen molar-refractivity contribution in [3.8, 4) is 0 Å². The average molecular weight is 142 g/mol. The lowest BCUT2D eigenvalue weighted by Crippen LogP contribution is -1.45. The van der Waals surface area contributed by atoms with E-state index in [0.29, 0.717) is 0 Å². The zero-order valence-electron chi connectivity index (χ0n) is 3.44. The summed E-state index contributed by atoms with van der Waals surface area (Å²) in [5, 5.41) is 0. The van der Waals surface area contributed by atoms with Gasteiger partial charge in [0.1, 0.15) is 0 Å². The predicted octanol–water partition coefficient (Wildman–Crippen LogP) is 1.33. The summed E-state index contributed by atoms with van der Waals surface area (Å²) in [5.41, 5.74) is 0. The Kier molecular flexibility index (Phi) is 45.1. The Morgan fingerprint density at radius 1 is 1.50 bits per heavy atom. The van der Waals surface area contributed by atoms with Crippen LogP contribution >= 0.6 is 39.6 Å². The van der Waals surface area contributed by atoms with Gasteiger partial charge in [-0.05, 0) is 0 Å². The number of hydrogen-bond donors (Lipinski definition) is 1. The standard InChI is InChI=1S/C3H6S.2H2S/c1-2-3-4;;/h2,4H,1,3H2;2*1H2. The molecule has 0 saturated heterocycles. The molecule has 3 heteroatoms. The van der Waals surface area contributed by atoms with Crippen molar-refractivity contribution in [3.63, 3.8) is 0 Å². The fourth-order valence-corrected chi connectivity index (χ4v) is 0. The maximum absolute atomic E-state index is 3.80. The summed E-state index contributed by atoms with van der Waals surface area (Å²) in [6.45, 7) is 3.40. The summed E-state index contributed by atoms with van der Waals surface area (Å²) in [7, 11) is 0. The SMILES string of the molecule is C=CCS.S.S. The Balaban J connectivity index is -0.0000000450. The van der Waals surface area contributed by atoms with E-state index < -0.39 is 0 Å². The molecular formula is C3H10S3. The van der Waals surface area contributed by atoms with Crippen LogP contribution in [0.2, 0.25) is 0 Å². The molecule has 40 valence electrons. The summed E-state index contributed by atoms with van der Waals surface area (Å²) < 4.78 is 0. The maximum atomic E-state index is 3.80. The van der Waals surface area contributed by atoms with Crippen molar-refractivity contribution < 1.29 is 0 Å². The Morgan fingerprint density at radius 2 is 1.67 bits per heavy atom. The predicted molar refractivity (Wildman–Crippen MR) is 44.8 cm³/mol. The minimum atomic E-state index is 0. The topological polar surface area (TPSA) is 0 Å². The van der Waals surface area contributed by atoms with Gasteiger partial charge in [0.25, 0.3) is 0 Å². The highest BCUT2D eigenvalue weighted by atomic mass is 32.1. The zero-order chi connectivity index (χ0) is 3.41. The minimum Gasteiger partial charge on any atom is -0.197 e. The maximum Gasteiger partial charge on any atom is 0.00799 e. The largest absolute Gasteiger partial charge is 0.197 e. The fraction of sp³-hybridized carbons (Fsp3) is 0.333. The van der Waals surface area contributed by atoms with Crippen molar-refractivity contribution in [2.75, 3.05) is 5.75 Å². The lowest BCUT2D eigenvalue weighted by Gasteiger charge is -1.57. The second-order valence-corrected chi connectivity index (χ2v) is 0.836. The molecule has 6 heavy (non-hydrogen) atoms. The first-order valence-corrected chi connectivity index (χ1v) is 1.77. The normalized spacial score (nSPS) is 4.17. The molecule has 0 amide bonds. The van der Waals surface area contributed by atoms with Crippen LogP contribution in [0.1, 0.15) is 0 Å². The molecule has 0 saturated carbocycles. The van der Waals surface area contributed by atoms with Crippen LogP contribution in [0, 0.1) is 0 Å². The second-order valence-electron chi connectivity index (χ2n) is 0.471. The smallest absolute Gasteiger partial charge is 0.00799 e. The highest BCUT2D eigenvalue weighted by Crippen LogP contribution is 1.65. The van der Waals surface area contributed by atoms with E-state index in [9.17, 15) is 0 Å². The van der Waals surface area contributed by atoms with Gasteiger partial charge in [0.2, 0.25) is 0 Å². The molecule has 0 aliphatic heterocycles. The quantitative estimate of drug-likeness (QED) is 0.414. The Hall–Kier alpha value is 0.790. The van der Waals surface area contributed by atoms with Crippen LogP contribution in [-0.2, 0) is 0 Å². The van der Waals surface area contributed by atoms with Gasteiger partial charge in [-0.25, -0.2) is 0 Å². The highest BCUT2D eigenvalue weighted by molar-refractivity contribution is 7.80. The third-order valence-electron chi connectivity index (χ3n) is 0.129. The molecule has 0 rings (SSSR count). The van der Waals surface area contributed by atoms with Crippen LogP contribution in [0.25, 0.3) is 0 Å². The van der Waals surface area contributed by atoms with E-state index >= 15 is 0 Å². The highest BCUT2D eigenvalue weighted by Gasteiger charge is 1.45. The molecule has 0 heterocycles. The third kappa shape index (κ3) is 21.5. The van der Waals surface area contributed by atoms with Crippen molar-refractivity contribution in [1.82, 2.24) is 0 Å². The molecule has 0 aliphatic rings. The van der Waals surface area contributed by atoms with Crippen molar-refractivity contribution >= 4 is 39.6 Å². The van der Waals surface area contributed by atoms with Gasteiger partial charge in [-0.15, -0.1) is 6.58 Å². The van der Waals surface area contributed by atoms with Gasteiger partial charge in [0.05, 0.1) is 0 Å². The molecule has 0 aromatic carbocycles. The molecule has 0 atom stereocenters. The van der Waals surface area contributed by atoms with Crippen LogP contribution in [0.4, 0.5) is 0 Å². The summed E-state index contributed by atoms with van der Waals surface area (Å²) >= 11 is 3.80. The summed E-state index contributed by atoms with van der Waals surface area (Å²) in [4.78, 5) is 0. The lowest BCUT2D eigenvalue weighted by molar-refractivity contribution is 1.85. The molecule has 0 aliphatic carbocycles. The summed E-state index contributed by atoms with van der Waals surface area (Å²) in [5.74, 6) is 0.778. The number of hydrogen-bond acceptors (Lipinski definition) is 1. The van der Waals surface area contributed by atoms with Gasteiger partial charge in [-0.2, -0.15) is 39.6 Å². The van der Waals surface area contributed by atoms with E-state index in [1.54, 1.807) is 6.08 Å². The lowest BCUT2D eigenvalue weighted by atomic mass is 10.8. The van der Waals surface area contributed by atoms with Crippen molar-refractivity contribution in [3.05, 3.63) is 12.7 Å². The van der Waals surface area contributed by atoms with Crippen molar-refractivity contribution in [2.24, 2.45) is 0 Å². The summed E-state index contributed by atoms with van der Waals surface area (Å²) in [6, 6.07) is 0. The average Bonchev–Trinajstić information content (AvgIpc) is 1.37. The Labute approximate surface area is 58.3 Å². The van der Waals surface area contributed by atoms with Gasteiger partial charge >= 0.3 is 0 Å². The molecule has 0 spiro atoms. The monoisotopic (exact) mass is 142 g/mol. The van der Waals surface area contributed by atoms with Crippen LogP contribution < -0.4 is 0 Å². The zero-order valence-corrected chi connectivity index (χ0v) is 6.33. The third-order valence-corrected chi connectivity index (χ3v) is 0.387. The molecule has 0 aromatic heterocycles. The molecule has 0 radical (unpaired) electrons. The molecule has 0 unspecified atom stereocenters. The minimum absolute atomic E-state index is 0. The van der Waals surface area contributed by atoms with E-state index in [1.165, 1.54) is 0 Å². The number of rotatable bonds is 1. The van der Waals surface area contributed by atoms with Gasteiger partial charge in [-0.3, -0.25) is 0 Å². The molecule has 0 aromatic rings. The fourth-order valence-electron chi connectivity index (χ4n) is 0. The van der Waals surface area contributed by atoms with Gasteiger partial charge in [0, 0.05) is 5.75 Å². The second kappa shape index (κ2) is 17.1. The van der Waals surface area contributed by atoms with E-state index in [1.807, 2.05) is 0 Å². The van der Waals surface area contributed by atoms with E-state index in [-0.39, 0.29) is 27.0 Å². The van der Waals surface area contributed by atoms with E-state index in [0.717, 1.165) is 5.75 Å². The first kappa shape index (κ1) is 15.8. The van der Waals surface area contributed by atoms with Gasteiger partial charge < -0.3 is 0 Å². The molecule has 0 fully saturated rings. The van der Waals surface area contributed by atoms with E-state index in [2.05, 4.69) is 19.2 Å². The van der Waals surface area contributed by atoms with Crippen molar-refractivity contribution in [2.45, 2.75) is 0 Å². The number of thiol groups is 1. The van der Waals surface area contributed by atoms with Crippen LogP contribution in [0.15, 0.2) is 12.7 Å². The molecule has 0 nitrogen and oxygen atoms in total. The molecule has 0 N–H and O–H groups in total. The van der Waals surface area contributed by atoms with Crippen LogP contribution in [0.5, 0.6) is 0 Å². The molecular weight excluding hydrogens is 132 g/mol. The first-order chi connectivity index (χ1) is 1.91. The van der Waals surface area contributed by atoms with Gasteiger partial charge in [-0.1, -0.05) is 6.08 Å². The van der Waals surface area contributed by atoms with Crippen molar-refractivity contribution in [1.29, 1.82) is 0 Å². The summed E-state index contributed by atoms with van der Waals surface area (Å²) in [6.07, 6.45) is 1.74. The Bertz CT molecular complexity index is 20.0. The first-order valence-electron chi connectivity index (χ1n) is 1.13.